The summed E-state index contributed by atoms with van der Waals surface area (Å²) in [6.45, 7) is 0.371. The second kappa shape index (κ2) is 5.81. The Morgan fingerprint density at radius 1 is 1.44 bits per heavy atom. The number of amides is 1. The van der Waals surface area contributed by atoms with Crippen LogP contribution < -0.4 is 11.1 Å². The molecule has 0 atom stereocenters. The van der Waals surface area contributed by atoms with E-state index in [1.54, 1.807) is 0 Å². The van der Waals surface area contributed by atoms with E-state index >= 15 is 0 Å². The number of nitrogens with one attached hydrogen (secondary N) is 2. The number of benzene rings is 1. The van der Waals surface area contributed by atoms with Gasteiger partial charge in [0.25, 0.3) is 0 Å². The van der Waals surface area contributed by atoms with Crippen LogP contribution in [-0.4, -0.2) is 21.1 Å². The van der Waals surface area contributed by atoms with Crippen molar-refractivity contribution in [3.63, 3.8) is 0 Å². The van der Waals surface area contributed by atoms with Crippen LogP contribution in [-0.2, 0) is 17.8 Å². The minimum absolute atomic E-state index is 0.0196. The summed E-state index contributed by atoms with van der Waals surface area (Å²) in [4.78, 5) is 15.5. The molecular weight excluding hydrogens is 230 g/mol. The van der Waals surface area contributed by atoms with E-state index in [2.05, 4.69) is 20.5 Å². The Labute approximate surface area is 105 Å². The van der Waals surface area contributed by atoms with Crippen LogP contribution in [0.15, 0.2) is 30.6 Å². The molecule has 1 aromatic heterocycles. The number of nitrogens with two attached hydrogens (primary N) is 1. The number of hydrogen-bond acceptors (Lipinski definition) is 4. The summed E-state index contributed by atoms with van der Waals surface area (Å²) in [5.74, 6) is 0.626. The van der Waals surface area contributed by atoms with Crippen LogP contribution in [0.4, 0.5) is 5.69 Å². The number of rotatable bonds is 5. The van der Waals surface area contributed by atoms with Crippen LogP contribution in [0.2, 0.25) is 0 Å². The van der Waals surface area contributed by atoms with Crippen molar-refractivity contribution in [2.24, 2.45) is 0 Å². The Kier molecular flexibility index (Phi) is 3.90. The summed E-state index contributed by atoms with van der Waals surface area (Å²) in [5.41, 5.74) is 7.45. The van der Waals surface area contributed by atoms with Gasteiger partial charge in [0, 0.05) is 12.1 Å². The van der Waals surface area contributed by atoms with Crippen molar-refractivity contribution in [3.05, 3.63) is 42.0 Å². The van der Waals surface area contributed by atoms with Crippen LogP contribution in [0, 0.1) is 0 Å². The van der Waals surface area contributed by atoms with Gasteiger partial charge in [-0.3, -0.25) is 9.89 Å². The van der Waals surface area contributed by atoms with Gasteiger partial charge < -0.3 is 11.1 Å². The van der Waals surface area contributed by atoms with E-state index in [1.165, 1.54) is 6.33 Å². The van der Waals surface area contributed by atoms with Crippen molar-refractivity contribution >= 4 is 11.6 Å². The van der Waals surface area contributed by atoms with E-state index in [-0.39, 0.29) is 5.91 Å². The fourth-order valence-corrected chi connectivity index (χ4v) is 1.59. The van der Waals surface area contributed by atoms with Gasteiger partial charge in [-0.05, 0) is 24.1 Å². The Bertz CT molecular complexity index is 509. The van der Waals surface area contributed by atoms with Gasteiger partial charge in [0.2, 0.25) is 5.91 Å². The van der Waals surface area contributed by atoms with Gasteiger partial charge in [0.15, 0.2) is 0 Å². The molecule has 6 nitrogen and oxygen atoms in total. The molecule has 0 unspecified atom stereocenters. The van der Waals surface area contributed by atoms with Gasteiger partial charge >= 0.3 is 0 Å². The molecule has 0 saturated carbocycles. The third-order valence-corrected chi connectivity index (χ3v) is 2.51. The molecule has 2 aromatic rings. The number of aromatic nitrogens is 3. The van der Waals surface area contributed by atoms with Crippen molar-refractivity contribution in [1.82, 2.24) is 20.5 Å². The van der Waals surface area contributed by atoms with E-state index in [9.17, 15) is 4.79 Å². The number of carbonyl (C=O) groups excluding carboxylic acids is 1. The molecule has 0 radical (unpaired) electrons. The first-order valence-electron chi connectivity index (χ1n) is 5.69. The first-order chi connectivity index (χ1) is 8.74. The minimum Gasteiger partial charge on any atom is -0.399 e. The van der Waals surface area contributed by atoms with Crippen molar-refractivity contribution in [2.75, 3.05) is 5.73 Å². The predicted molar refractivity (Wildman–Crippen MR) is 67.4 cm³/mol. The molecule has 2 rings (SSSR count). The van der Waals surface area contributed by atoms with Crippen LogP contribution in [0.25, 0.3) is 0 Å². The molecule has 0 aliphatic rings. The molecule has 6 heteroatoms. The third kappa shape index (κ3) is 3.58. The number of nitrogens with zero attached hydrogens (tertiary/aromatic N) is 2. The first kappa shape index (κ1) is 12.1. The molecule has 1 amide bonds. The number of aromatic amines is 1. The monoisotopic (exact) mass is 245 g/mol. The lowest BCUT2D eigenvalue weighted by molar-refractivity contribution is -0.121. The lowest BCUT2D eigenvalue weighted by Gasteiger charge is -2.04. The molecule has 0 saturated heterocycles. The molecule has 18 heavy (non-hydrogen) atoms. The van der Waals surface area contributed by atoms with E-state index in [1.807, 2.05) is 24.3 Å². The lowest BCUT2D eigenvalue weighted by atomic mass is 10.1. The molecule has 0 aliphatic carbocycles. The number of carbonyl (C=O) groups is 1. The maximum Gasteiger partial charge on any atom is 0.220 e. The normalized spacial score (nSPS) is 10.2. The highest BCUT2D eigenvalue weighted by Gasteiger charge is 2.03. The number of H-pyrrole nitrogens is 1. The molecule has 1 heterocycles. The van der Waals surface area contributed by atoms with Crippen LogP contribution in [0.3, 0.4) is 0 Å². The number of aryl methyl sites for hydroxylation is 1. The molecule has 0 bridgehead atoms. The van der Waals surface area contributed by atoms with Crippen molar-refractivity contribution in [1.29, 1.82) is 0 Å². The minimum atomic E-state index is -0.0196. The van der Waals surface area contributed by atoms with Crippen LogP contribution in [0.1, 0.15) is 17.8 Å². The largest absolute Gasteiger partial charge is 0.399 e. The Morgan fingerprint density at radius 3 is 3.06 bits per heavy atom. The Morgan fingerprint density at radius 2 is 2.33 bits per heavy atom. The van der Waals surface area contributed by atoms with Gasteiger partial charge in [-0.2, -0.15) is 5.10 Å². The summed E-state index contributed by atoms with van der Waals surface area (Å²) in [6.07, 6.45) is 2.51. The quantitative estimate of drug-likeness (QED) is 0.673. The summed E-state index contributed by atoms with van der Waals surface area (Å²) in [6, 6.07) is 7.55. The second-order valence-corrected chi connectivity index (χ2v) is 3.95. The fourth-order valence-electron chi connectivity index (χ4n) is 1.59. The number of anilines is 1. The third-order valence-electron chi connectivity index (χ3n) is 2.51. The Hall–Kier alpha value is -2.37. The zero-order valence-corrected chi connectivity index (χ0v) is 9.89. The number of nitrogen functional groups attached to an aromatic ring is 1. The first-order valence-corrected chi connectivity index (χ1v) is 5.69. The number of hydrogen-bond donors (Lipinski definition) is 3. The smallest absolute Gasteiger partial charge is 0.220 e. The average Bonchev–Trinajstić information content (AvgIpc) is 2.87. The molecule has 4 N–H and O–H groups in total. The van der Waals surface area contributed by atoms with Gasteiger partial charge in [-0.15, -0.1) is 0 Å². The summed E-state index contributed by atoms with van der Waals surface area (Å²) < 4.78 is 0. The average molecular weight is 245 g/mol. The highest BCUT2D eigenvalue weighted by Crippen LogP contribution is 2.08. The van der Waals surface area contributed by atoms with Gasteiger partial charge in [0.1, 0.15) is 12.2 Å². The van der Waals surface area contributed by atoms with Crippen molar-refractivity contribution < 1.29 is 4.79 Å². The molecule has 0 aliphatic heterocycles. The second-order valence-electron chi connectivity index (χ2n) is 3.95. The summed E-state index contributed by atoms with van der Waals surface area (Å²) >= 11 is 0. The maximum absolute atomic E-state index is 11.6. The fraction of sp³-hybridized carbons (Fsp3) is 0.250. The van der Waals surface area contributed by atoms with Gasteiger partial charge in [-0.25, -0.2) is 4.98 Å². The van der Waals surface area contributed by atoms with Crippen molar-refractivity contribution in [3.8, 4) is 0 Å². The zero-order chi connectivity index (χ0) is 12.8. The lowest BCUT2D eigenvalue weighted by Crippen LogP contribution is -2.23. The van der Waals surface area contributed by atoms with E-state index in [0.29, 0.717) is 25.2 Å². The molecular formula is C12H15N5O. The topological polar surface area (TPSA) is 96.7 Å². The summed E-state index contributed by atoms with van der Waals surface area (Å²) in [5, 5.41) is 9.15. The van der Waals surface area contributed by atoms with Crippen LogP contribution >= 0.6 is 0 Å². The van der Waals surface area contributed by atoms with Gasteiger partial charge in [-0.1, -0.05) is 12.1 Å². The zero-order valence-electron chi connectivity index (χ0n) is 9.89. The van der Waals surface area contributed by atoms with Crippen LogP contribution in [0.5, 0.6) is 0 Å². The van der Waals surface area contributed by atoms with E-state index in [0.717, 1.165) is 11.3 Å². The van der Waals surface area contributed by atoms with E-state index < -0.39 is 0 Å². The van der Waals surface area contributed by atoms with Crippen molar-refractivity contribution in [2.45, 2.75) is 19.4 Å². The predicted octanol–water partition coefficient (Wildman–Crippen LogP) is 0.636. The molecule has 94 valence electrons. The molecule has 1 aromatic carbocycles. The maximum atomic E-state index is 11.6. The summed E-state index contributed by atoms with van der Waals surface area (Å²) in [7, 11) is 0. The molecule has 0 spiro atoms. The van der Waals surface area contributed by atoms with Gasteiger partial charge in [0.05, 0.1) is 6.54 Å². The highest BCUT2D eigenvalue weighted by molar-refractivity contribution is 5.76. The Balaban J connectivity index is 1.75. The van der Waals surface area contributed by atoms with E-state index in [4.69, 9.17) is 5.73 Å². The molecule has 0 fully saturated rings. The standard InChI is InChI=1S/C12H15N5O/c13-10-3-1-2-9(6-10)4-5-12(18)14-7-11-15-8-16-17-11/h1-3,6,8H,4-5,7,13H2,(H,14,18)(H,15,16,17). The highest BCUT2D eigenvalue weighted by atomic mass is 16.1. The SMILES string of the molecule is Nc1cccc(CCC(=O)NCc2ncn[nH]2)c1.